The molecule has 1 aliphatic rings. The van der Waals surface area contributed by atoms with Crippen molar-refractivity contribution in [2.45, 2.75) is 45.4 Å². The molecular weight excluding hydrogens is 366 g/mol. The van der Waals surface area contributed by atoms with E-state index in [1.807, 2.05) is 30.3 Å². The molecule has 29 heavy (non-hydrogen) atoms. The number of carbonyl (C=O) groups is 1. The lowest BCUT2D eigenvalue weighted by Crippen LogP contribution is -2.20. The number of ether oxygens (including phenoxy) is 1. The number of carbonyl (C=O) groups excluding carboxylic acids is 1. The van der Waals surface area contributed by atoms with Crippen LogP contribution in [0.4, 0.5) is 5.82 Å². The van der Waals surface area contributed by atoms with Crippen LogP contribution in [0.1, 0.15) is 49.3 Å². The molecule has 6 heteroatoms. The molecule has 3 aromatic rings. The van der Waals surface area contributed by atoms with Gasteiger partial charge in [-0.25, -0.2) is 4.63 Å². The zero-order valence-corrected chi connectivity index (χ0v) is 16.8. The minimum absolute atomic E-state index is 0.114. The molecule has 4 rings (SSSR count). The summed E-state index contributed by atoms with van der Waals surface area (Å²) in [7, 11) is 0. The SMILES string of the molecule is CC(C)c1ccc(OCC(=O)Nc2nonc2-c2ccc3c(c2)CCCC3)cc1. The normalized spacial score (nSPS) is 13.2. The van der Waals surface area contributed by atoms with E-state index in [2.05, 4.69) is 41.6 Å². The van der Waals surface area contributed by atoms with Crippen molar-refractivity contribution in [3.05, 3.63) is 59.2 Å². The molecule has 2 aromatic carbocycles. The Morgan fingerprint density at radius 2 is 1.83 bits per heavy atom. The molecule has 0 radical (unpaired) electrons. The molecule has 0 bridgehead atoms. The zero-order valence-electron chi connectivity index (χ0n) is 16.8. The Bertz CT molecular complexity index is 993. The number of fused-ring (bicyclic) bond motifs is 1. The standard InChI is InChI=1S/C23H25N3O3/c1-15(2)16-9-11-20(12-10-16)28-14-21(27)24-23-22(25-29-26-23)19-8-7-17-5-3-4-6-18(17)13-19/h7-13,15H,3-6,14H2,1-2H3,(H,24,26,27). The molecule has 0 atom stereocenters. The molecule has 150 valence electrons. The summed E-state index contributed by atoms with van der Waals surface area (Å²) >= 11 is 0. The van der Waals surface area contributed by atoms with Crippen molar-refractivity contribution >= 4 is 11.7 Å². The quantitative estimate of drug-likeness (QED) is 0.656. The van der Waals surface area contributed by atoms with Gasteiger partial charge in [0.05, 0.1) is 0 Å². The highest BCUT2D eigenvalue weighted by atomic mass is 16.6. The molecule has 1 aromatic heterocycles. The lowest BCUT2D eigenvalue weighted by molar-refractivity contribution is -0.118. The van der Waals surface area contributed by atoms with Gasteiger partial charge in [0.25, 0.3) is 5.91 Å². The third-order valence-electron chi connectivity index (χ3n) is 5.28. The average Bonchev–Trinajstić information content (AvgIpc) is 3.20. The van der Waals surface area contributed by atoms with E-state index in [-0.39, 0.29) is 12.5 Å². The van der Waals surface area contributed by atoms with Crippen LogP contribution in [0.3, 0.4) is 0 Å². The Labute approximate surface area is 170 Å². The van der Waals surface area contributed by atoms with E-state index in [9.17, 15) is 4.79 Å². The van der Waals surface area contributed by atoms with Crippen molar-refractivity contribution in [3.63, 3.8) is 0 Å². The van der Waals surface area contributed by atoms with Gasteiger partial charge in [0.1, 0.15) is 5.75 Å². The van der Waals surface area contributed by atoms with Crippen molar-refractivity contribution in [3.8, 4) is 17.0 Å². The third-order valence-corrected chi connectivity index (χ3v) is 5.28. The third kappa shape index (κ3) is 4.47. The van der Waals surface area contributed by atoms with Crippen LogP contribution in [-0.4, -0.2) is 22.8 Å². The molecule has 0 spiro atoms. The summed E-state index contributed by atoms with van der Waals surface area (Å²) < 4.78 is 10.5. The zero-order chi connectivity index (χ0) is 20.2. The van der Waals surface area contributed by atoms with Crippen LogP contribution in [0, 0.1) is 0 Å². The predicted octanol–water partition coefficient (Wildman–Crippen LogP) is 4.76. The van der Waals surface area contributed by atoms with Crippen molar-refractivity contribution in [2.75, 3.05) is 11.9 Å². The topological polar surface area (TPSA) is 77.2 Å². The lowest BCUT2D eigenvalue weighted by Gasteiger charge is -2.16. The Morgan fingerprint density at radius 1 is 1.07 bits per heavy atom. The van der Waals surface area contributed by atoms with Crippen molar-refractivity contribution in [2.24, 2.45) is 0 Å². The summed E-state index contributed by atoms with van der Waals surface area (Å²) in [5, 5.41) is 10.6. The van der Waals surface area contributed by atoms with Crippen LogP contribution in [0.15, 0.2) is 47.1 Å². The number of hydrogen-bond donors (Lipinski definition) is 1. The van der Waals surface area contributed by atoms with Gasteiger partial charge in [0.2, 0.25) is 5.82 Å². The van der Waals surface area contributed by atoms with Crippen LogP contribution >= 0.6 is 0 Å². The maximum Gasteiger partial charge on any atom is 0.263 e. The largest absolute Gasteiger partial charge is 0.484 e. The van der Waals surface area contributed by atoms with Crippen LogP contribution in [0.5, 0.6) is 5.75 Å². The fourth-order valence-corrected chi connectivity index (χ4v) is 3.61. The molecule has 6 nitrogen and oxygen atoms in total. The first-order valence-electron chi connectivity index (χ1n) is 10.1. The number of rotatable bonds is 6. The van der Waals surface area contributed by atoms with Crippen molar-refractivity contribution < 1.29 is 14.2 Å². The summed E-state index contributed by atoms with van der Waals surface area (Å²) in [4.78, 5) is 12.3. The molecule has 1 aliphatic carbocycles. The van der Waals surface area contributed by atoms with Gasteiger partial charge >= 0.3 is 0 Å². The van der Waals surface area contributed by atoms with Gasteiger partial charge in [-0.1, -0.05) is 38.1 Å². The summed E-state index contributed by atoms with van der Waals surface area (Å²) in [5.74, 6) is 1.10. The summed E-state index contributed by atoms with van der Waals surface area (Å²) in [6.07, 6.45) is 4.62. The highest BCUT2D eigenvalue weighted by molar-refractivity contribution is 5.94. The monoisotopic (exact) mass is 391 g/mol. The minimum Gasteiger partial charge on any atom is -0.484 e. The minimum atomic E-state index is -0.312. The molecule has 1 amide bonds. The molecule has 1 N–H and O–H groups in total. The second-order valence-electron chi connectivity index (χ2n) is 7.71. The number of benzene rings is 2. The van der Waals surface area contributed by atoms with Gasteiger partial charge in [0.15, 0.2) is 12.3 Å². The number of aryl methyl sites for hydroxylation is 2. The van der Waals surface area contributed by atoms with Crippen molar-refractivity contribution in [1.29, 1.82) is 0 Å². The molecule has 0 aliphatic heterocycles. The number of amides is 1. The number of aromatic nitrogens is 2. The highest BCUT2D eigenvalue weighted by Crippen LogP contribution is 2.29. The Morgan fingerprint density at radius 3 is 2.59 bits per heavy atom. The van der Waals surface area contributed by atoms with Gasteiger partial charge in [-0.2, -0.15) is 0 Å². The Balaban J connectivity index is 1.40. The Hall–Kier alpha value is -3.15. The van der Waals surface area contributed by atoms with Gasteiger partial charge in [-0.05, 0) is 76.8 Å². The summed E-state index contributed by atoms with van der Waals surface area (Å²) in [6, 6.07) is 14.0. The molecule has 0 saturated carbocycles. The number of nitrogens with one attached hydrogen (secondary N) is 1. The average molecular weight is 391 g/mol. The van der Waals surface area contributed by atoms with Gasteiger partial charge < -0.3 is 10.1 Å². The molecular formula is C23H25N3O3. The van der Waals surface area contributed by atoms with Crippen LogP contribution in [0.25, 0.3) is 11.3 Å². The maximum atomic E-state index is 12.3. The second-order valence-corrected chi connectivity index (χ2v) is 7.71. The maximum absolute atomic E-state index is 12.3. The van der Waals surface area contributed by atoms with E-state index >= 15 is 0 Å². The predicted molar refractivity (Wildman–Crippen MR) is 111 cm³/mol. The van der Waals surface area contributed by atoms with Gasteiger partial charge in [0, 0.05) is 5.56 Å². The highest BCUT2D eigenvalue weighted by Gasteiger charge is 2.18. The first-order chi connectivity index (χ1) is 14.1. The van der Waals surface area contributed by atoms with Crippen molar-refractivity contribution in [1.82, 2.24) is 10.3 Å². The summed E-state index contributed by atoms with van der Waals surface area (Å²) in [5.41, 5.74) is 5.38. The number of hydrogen-bond acceptors (Lipinski definition) is 5. The van der Waals surface area contributed by atoms with E-state index in [1.54, 1.807) is 0 Å². The molecule has 0 saturated heterocycles. The van der Waals surface area contributed by atoms with E-state index in [1.165, 1.54) is 29.5 Å². The van der Waals surface area contributed by atoms with E-state index in [0.717, 1.165) is 18.4 Å². The smallest absolute Gasteiger partial charge is 0.263 e. The van der Waals surface area contributed by atoms with E-state index in [0.29, 0.717) is 23.2 Å². The molecule has 1 heterocycles. The number of nitrogens with zero attached hydrogens (tertiary/aromatic N) is 2. The Kier molecular flexibility index (Phi) is 5.60. The van der Waals surface area contributed by atoms with Gasteiger partial charge in [-0.15, -0.1) is 0 Å². The second kappa shape index (κ2) is 8.47. The van der Waals surface area contributed by atoms with Crippen LogP contribution in [-0.2, 0) is 17.6 Å². The van der Waals surface area contributed by atoms with E-state index in [4.69, 9.17) is 9.37 Å². The van der Waals surface area contributed by atoms with Crippen LogP contribution in [0.2, 0.25) is 0 Å². The molecule has 0 unspecified atom stereocenters. The number of anilines is 1. The van der Waals surface area contributed by atoms with Crippen LogP contribution < -0.4 is 10.1 Å². The fraction of sp³-hybridized carbons (Fsp3) is 0.348. The first-order valence-corrected chi connectivity index (χ1v) is 10.1. The lowest BCUT2D eigenvalue weighted by atomic mass is 9.90. The fourth-order valence-electron chi connectivity index (χ4n) is 3.61. The molecule has 0 fully saturated rings. The van der Waals surface area contributed by atoms with E-state index < -0.39 is 0 Å². The first kappa shape index (κ1) is 19.2. The summed E-state index contributed by atoms with van der Waals surface area (Å²) in [6.45, 7) is 4.16. The van der Waals surface area contributed by atoms with Gasteiger partial charge in [-0.3, -0.25) is 4.79 Å².